The van der Waals surface area contributed by atoms with Crippen LogP contribution in [0.4, 0.5) is 0 Å². The number of carbonyl (C=O) groups excluding carboxylic acids is 1. The summed E-state index contributed by atoms with van der Waals surface area (Å²) >= 11 is 0. The van der Waals surface area contributed by atoms with Gasteiger partial charge in [-0.2, -0.15) is 0 Å². The average molecular weight is 530 g/mol. The molecule has 0 saturated heterocycles. The van der Waals surface area contributed by atoms with Crippen LogP contribution in [0.1, 0.15) is 88.0 Å². The highest BCUT2D eigenvalue weighted by Gasteiger charge is 2.38. The highest BCUT2D eigenvalue weighted by Crippen LogP contribution is 2.39. The third-order valence-corrected chi connectivity index (χ3v) is 7.70. The molecule has 0 aliphatic carbocycles. The number of aliphatic hydroxyl groups excluding tert-OH is 1. The minimum absolute atomic E-state index is 0.0203. The van der Waals surface area contributed by atoms with Crippen LogP contribution in [0.15, 0.2) is 30.4 Å². The lowest BCUT2D eigenvalue weighted by atomic mass is 9.79. The van der Waals surface area contributed by atoms with E-state index in [1.165, 1.54) is 22.4 Å². The number of nitrogens with zero attached hydrogens (tertiary/aromatic N) is 2. The van der Waals surface area contributed by atoms with E-state index in [1.807, 2.05) is 0 Å². The fraction of sp³-hybridized carbons (Fsp3) is 0.500. The summed E-state index contributed by atoms with van der Waals surface area (Å²) in [7, 11) is 3.94. The molecule has 1 atom stereocenters. The van der Waals surface area contributed by atoms with E-state index in [0.29, 0.717) is 19.4 Å². The van der Waals surface area contributed by atoms with Gasteiger partial charge in [-0.05, 0) is 59.2 Å². The second-order valence-corrected chi connectivity index (χ2v) is 12.8. The summed E-state index contributed by atoms with van der Waals surface area (Å²) in [6.45, 7) is 15.9. The fourth-order valence-electron chi connectivity index (χ4n) is 5.41. The average Bonchev–Trinajstić information content (AvgIpc) is 3.41. The molecule has 207 valence electrons. The number of aromatic nitrogens is 1. The summed E-state index contributed by atoms with van der Waals surface area (Å²) in [6, 6.07) is 7.09. The molecule has 1 aromatic carbocycles. The van der Waals surface area contributed by atoms with E-state index in [9.17, 15) is 4.79 Å². The lowest BCUT2D eigenvalue weighted by Crippen LogP contribution is -2.41. The number of amides is 1. The van der Waals surface area contributed by atoms with E-state index in [2.05, 4.69) is 113 Å². The summed E-state index contributed by atoms with van der Waals surface area (Å²) < 4.78 is 10.6. The number of fused-ring (bicyclic) bond motifs is 2. The van der Waals surface area contributed by atoms with Gasteiger partial charge in [0.15, 0.2) is 11.8 Å². The Balaban J connectivity index is 1.67. The Kier molecular flexibility index (Phi) is 8.32. The largest absolute Gasteiger partial charge is 0.694 e. The first-order valence-electron chi connectivity index (χ1n) is 14.0. The van der Waals surface area contributed by atoms with Gasteiger partial charge in [0.1, 0.15) is 5.75 Å². The van der Waals surface area contributed by atoms with Gasteiger partial charge in [-0.15, -0.1) is 0 Å². The van der Waals surface area contributed by atoms with E-state index in [0.717, 1.165) is 29.1 Å². The van der Waals surface area contributed by atoms with Crippen molar-refractivity contribution < 1.29 is 19.1 Å². The van der Waals surface area contributed by atoms with Gasteiger partial charge in [0, 0.05) is 48.0 Å². The van der Waals surface area contributed by atoms with Gasteiger partial charge in [0.05, 0.1) is 20.1 Å². The number of hydrogen-bond donors (Lipinski definition) is 2. The van der Waals surface area contributed by atoms with Crippen molar-refractivity contribution in [2.24, 2.45) is 0 Å². The molecule has 1 unspecified atom stereocenters. The Hall–Kier alpha value is -3.06. The number of benzene rings is 1. The molecule has 1 aromatic heterocycles. The summed E-state index contributed by atoms with van der Waals surface area (Å²) in [5.41, 5.74) is 8.41. The Bertz CT molecular complexity index is 1340. The van der Waals surface area contributed by atoms with Crippen molar-refractivity contribution in [3.05, 3.63) is 64.0 Å². The molecule has 3 heterocycles. The highest BCUT2D eigenvalue weighted by atomic mass is 16.5. The van der Waals surface area contributed by atoms with Crippen LogP contribution < -0.4 is 10.1 Å². The van der Waals surface area contributed by atoms with Gasteiger partial charge in [0.25, 0.3) is 0 Å². The van der Waals surface area contributed by atoms with Crippen molar-refractivity contribution in [2.45, 2.75) is 84.6 Å². The van der Waals surface area contributed by atoms with Crippen LogP contribution in [0, 0.1) is 6.92 Å². The van der Waals surface area contributed by atoms with Crippen LogP contribution in [0.2, 0.25) is 0 Å². The molecule has 4 rings (SSSR count). The highest BCUT2D eigenvalue weighted by molar-refractivity contribution is 6.27. The molecule has 1 radical (unpaired) electrons. The molecule has 39 heavy (non-hydrogen) atoms. The van der Waals surface area contributed by atoms with Gasteiger partial charge >= 0.3 is 7.55 Å². The van der Waals surface area contributed by atoms with Crippen molar-refractivity contribution in [3.63, 3.8) is 0 Å². The first kappa shape index (κ1) is 28.9. The number of methoxy groups -OCH3 is 1. The summed E-state index contributed by atoms with van der Waals surface area (Å²) in [5.74, 6) is 0.893. The molecule has 1 amide bonds. The molecule has 0 bridgehead atoms. The predicted molar refractivity (Wildman–Crippen MR) is 161 cm³/mol. The molecule has 6 nitrogen and oxygen atoms in total. The third-order valence-electron chi connectivity index (χ3n) is 7.70. The van der Waals surface area contributed by atoms with Crippen LogP contribution in [0.25, 0.3) is 12.2 Å². The van der Waals surface area contributed by atoms with Crippen molar-refractivity contribution in [3.8, 4) is 5.75 Å². The topological polar surface area (TPSA) is 66.5 Å². The molecular formula is C32H44BN3O3+. The Labute approximate surface area is 234 Å². The quantitative estimate of drug-likeness (QED) is 0.484. The molecule has 7 heteroatoms. The predicted octanol–water partition coefficient (Wildman–Crippen LogP) is 4.79. The van der Waals surface area contributed by atoms with Gasteiger partial charge in [-0.25, -0.2) is 0 Å². The van der Waals surface area contributed by atoms with Gasteiger partial charge in [-0.3, -0.25) is 9.28 Å². The third kappa shape index (κ3) is 6.24. The number of rotatable bonds is 8. The first-order valence-corrected chi connectivity index (χ1v) is 14.0. The van der Waals surface area contributed by atoms with Crippen molar-refractivity contribution in [1.29, 1.82) is 0 Å². The molecule has 2 aliphatic heterocycles. The molecule has 0 saturated carbocycles. The summed E-state index contributed by atoms with van der Waals surface area (Å²) in [4.78, 5) is 12.1. The molecule has 2 N–H and O–H groups in total. The number of allylic oxidation sites excluding steroid dienone is 1. The van der Waals surface area contributed by atoms with Gasteiger partial charge < -0.3 is 19.6 Å². The van der Waals surface area contributed by atoms with Gasteiger partial charge in [0.2, 0.25) is 5.91 Å². The lowest BCUT2D eigenvalue weighted by molar-refractivity contribution is -0.417. The van der Waals surface area contributed by atoms with Crippen LogP contribution in [0.3, 0.4) is 0 Å². The van der Waals surface area contributed by atoms with Crippen LogP contribution in [0.5, 0.6) is 5.75 Å². The van der Waals surface area contributed by atoms with E-state index in [4.69, 9.17) is 9.84 Å². The SMILES string of the molecule is COc1c(C=Cc2cc(C)c3n2[B][N+]2=C(CCC(=O)NCCO)C=CC2C3)cc(C(C)(C)C)cc1C(C)(C)C. The zero-order chi connectivity index (χ0) is 28.5. The van der Waals surface area contributed by atoms with E-state index < -0.39 is 0 Å². The van der Waals surface area contributed by atoms with Crippen molar-refractivity contribution in [1.82, 2.24) is 9.79 Å². The molecule has 0 fully saturated rings. The number of aryl methyl sites for hydroxylation is 1. The maximum Gasteiger partial charge on any atom is 0.694 e. The fourth-order valence-corrected chi connectivity index (χ4v) is 5.41. The zero-order valence-electron chi connectivity index (χ0n) is 24.9. The van der Waals surface area contributed by atoms with Crippen molar-refractivity contribution >= 4 is 31.3 Å². The maximum atomic E-state index is 12.1. The molecule has 2 aromatic rings. The number of ether oxygens (including phenoxy) is 1. The minimum Gasteiger partial charge on any atom is -0.496 e. The van der Waals surface area contributed by atoms with Crippen LogP contribution in [-0.4, -0.2) is 59.5 Å². The number of aliphatic hydroxyl groups is 1. The normalized spacial score (nSPS) is 16.9. The minimum atomic E-state index is -0.0488. The van der Waals surface area contributed by atoms with Crippen LogP contribution >= 0.6 is 0 Å². The summed E-state index contributed by atoms with van der Waals surface area (Å²) in [5, 5.41) is 11.7. The Morgan fingerprint density at radius 3 is 2.56 bits per heavy atom. The standard InChI is InChI=1S/C32H44BN3O3/c1-21-17-25(10-9-22-18-23(31(2,3)4)19-27(30(22)39-8)32(5,6)7)36-28(21)20-26-12-11-24(35(26)33-36)13-14-29(38)34-15-16-37/h9-12,17-19,26,37H,13-16,20H2,1-8H3,(H,34,38)/q+1. The monoisotopic (exact) mass is 529 g/mol. The zero-order valence-corrected chi connectivity index (χ0v) is 24.9. The smallest absolute Gasteiger partial charge is 0.496 e. The van der Waals surface area contributed by atoms with E-state index in [1.54, 1.807) is 7.11 Å². The Morgan fingerprint density at radius 1 is 1.18 bits per heavy atom. The number of hydrogen-bond acceptors (Lipinski definition) is 3. The summed E-state index contributed by atoms with van der Waals surface area (Å²) in [6.07, 6.45) is 10.7. The first-order chi connectivity index (χ1) is 18.3. The lowest BCUT2D eigenvalue weighted by Gasteiger charge is -2.28. The van der Waals surface area contributed by atoms with E-state index >= 15 is 0 Å². The van der Waals surface area contributed by atoms with Crippen LogP contribution in [-0.2, 0) is 22.0 Å². The molecule has 0 spiro atoms. The van der Waals surface area contributed by atoms with E-state index in [-0.39, 0.29) is 29.4 Å². The second kappa shape index (κ2) is 11.2. The maximum absolute atomic E-state index is 12.1. The van der Waals surface area contributed by atoms with Gasteiger partial charge in [-0.1, -0.05) is 47.6 Å². The molecule has 2 aliphatic rings. The van der Waals surface area contributed by atoms with Crippen molar-refractivity contribution in [2.75, 3.05) is 20.3 Å². The Morgan fingerprint density at radius 2 is 1.92 bits per heavy atom. The second-order valence-electron chi connectivity index (χ2n) is 12.8. The number of carbonyl (C=O) groups is 1. The molecular weight excluding hydrogens is 485 g/mol. The number of nitrogens with one attached hydrogen (secondary N) is 1.